The smallest absolute Gasteiger partial charge is 0.167 e. The number of rotatable bonds is 2. The van der Waals surface area contributed by atoms with Gasteiger partial charge in [-0.3, -0.25) is 4.48 Å². The lowest BCUT2D eigenvalue weighted by Gasteiger charge is -2.37. The molecule has 0 fully saturated rings. The fourth-order valence-corrected chi connectivity index (χ4v) is 2.77. The van der Waals surface area contributed by atoms with Crippen LogP contribution < -0.4 is 0 Å². The van der Waals surface area contributed by atoms with Gasteiger partial charge in [0.15, 0.2) is 4.95 Å². The van der Waals surface area contributed by atoms with Crippen LogP contribution in [0.3, 0.4) is 0 Å². The van der Waals surface area contributed by atoms with Crippen LogP contribution in [0.4, 0.5) is 0 Å². The third-order valence-corrected chi connectivity index (χ3v) is 5.02. The van der Waals surface area contributed by atoms with Gasteiger partial charge in [-0.25, -0.2) is 0 Å². The summed E-state index contributed by atoms with van der Waals surface area (Å²) < 4.78 is 0.810. The SMILES string of the molecule is C/C=C(\C1=CC=CC(Br)[N+]1(C)C)c1ccc(C)cc1. The van der Waals surface area contributed by atoms with Crippen LogP contribution in [0.15, 0.2) is 54.3 Å². The van der Waals surface area contributed by atoms with Gasteiger partial charge >= 0.3 is 0 Å². The van der Waals surface area contributed by atoms with Crippen molar-refractivity contribution < 1.29 is 4.48 Å². The molecule has 0 bridgehead atoms. The molecule has 0 amide bonds. The molecule has 1 nitrogen and oxygen atoms in total. The van der Waals surface area contributed by atoms with Gasteiger partial charge in [0.25, 0.3) is 0 Å². The molecule has 100 valence electrons. The lowest BCUT2D eigenvalue weighted by Crippen LogP contribution is -2.45. The molecule has 19 heavy (non-hydrogen) atoms. The van der Waals surface area contributed by atoms with Crippen molar-refractivity contribution in [3.63, 3.8) is 0 Å². The minimum atomic E-state index is 0.313. The predicted molar refractivity (Wildman–Crippen MR) is 86.9 cm³/mol. The maximum Gasteiger partial charge on any atom is 0.167 e. The Bertz CT molecular complexity index is 547. The number of allylic oxidation sites excluding steroid dienone is 4. The van der Waals surface area contributed by atoms with E-state index < -0.39 is 0 Å². The van der Waals surface area contributed by atoms with Crippen molar-refractivity contribution in [3.8, 4) is 0 Å². The molecule has 0 aromatic heterocycles. The summed E-state index contributed by atoms with van der Waals surface area (Å²) in [5.41, 5.74) is 5.21. The van der Waals surface area contributed by atoms with Gasteiger partial charge in [-0.15, -0.1) is 0 Å². The van der Waals surface area contributed by atoms with E-state index in [1.54, 1.807) is 0 Å². The fraction of sp³-hybridized carbons (Fsp3) is 0.294. The first-order chi connectivity index (χ1) is 8.96. The molecular weight excluding hydrogens is 298 g/mol. The first-order valence-corrected chi connectivity index (χ1v) is 7.49. The van der Waals surface area contributed by atoms with Gasteiger partial charge in [-0.1, -0.05) is 42.0 Å². The van der Waals surface area contributed by atoms with E-state index in [-0.39, 0.29) is 0 Å². The van der Waals surface area contributed by atoms with Gasteiger partial charge in [0.05, 0.1) is 14.1 Å². The number of hydrogen-bond acceptors (Lipinski definition) is 0. The van der Waals surface area contributed by atoms with E-state index in [9.17, 15) is 0 Å². The monoisotopic (exact) mass is 318 g/mol. The summed E-state index contributed by atoms with van der Waals surface area (Å²) in [6.07, 6.45) is 8.74. The molecule has 0 saturated carbocycles. The van der Waals surface area contributed by atoms with Crippen molar-refractivity contribution in [1.29, 1.82) is 0 Å². The maximum absolute atomic E-state index is 3.75. The zero-order chi connectivity index (χ0) is 14.0. The van der Waals surface area contributed by atoms with Gasteiger partial charge in [-0.05, 0) is 47.5 Å². The van der Waals surface area contributed by atoms with E-state index in [1.165, 1.54) is 22.4 Å². The van der Waals surface area contributed by atoms with Crippen LogP contribution in [0.2, 0.25) is 0 Å². The molecule has 0 radical (unpaired) electrons. The minimum Gasteiger partial charge on any atom is -0.281 e. The molecule has 0 spiro atoms. The number of nitrogens with zero attached hydrogens (tertiary/aromatic N) is 1. The zero-order valence-electron chi connectivity index (χ0n) is 12.0. The Morgan fingerprint density at radius 2 is 1.84 bits per heavy atom. The lowest BCUT2D eigenvalue weighted by atomic mass is 9.98. The highest BCUT2D eigenvalue weighted by Crippen LogP contribution is 2.35. The molecule has 1 aromatic carbocycles. The summed E-state index contributed by atoms with van der Waals surface area (Å²) in [6, 6.07) is 8.74. The van der Waals surface area contributed by atoms with E-state index in [2.05, 4.69) is 92.4 Å². The third-order valence-electron chi connectivity index (χ3n) is 3.69. The number of aryl methyl sites for hydroxylation is 1. The summed E-state index contributed by atoms with van der Waals surface area (Å²) in [6.45, 7) is 4.23. The Balaban J connectivity index is 2.46. The van der Waals surface area contributed by atoms with Crippen molar-refractivity contribution in [1.82, 2.24) is 0 Å². The summed E-state index contributed by atoms with van der Waals surface area (Å²) in [7, 11) is 4.46. The molecule has 2 heteroatoms. The Morgan fingerprint density at radius 3 is 2.42 bits per heavy atom. The highest BCUT2D eigenvalue weighted by atomic mass is 79.9. The largest absolute Gasteiger partial charge is 0.281 e. The van der Waals surface area contributed by atoms with E-state index in [4.69, 9.17) is 0 Å². The van der Waals surface area contributed by atoms with E-state index in [0.717, 1.165) is 4.48 Å². The number of likely N-dealkylation sites (N-methyl/N-ethyl adjacent to an activating group) is 1. The minimum absolute atomic E-state index is 0.313. The number of alkyl halides is 1. The van der Waals surface area contributed by atoms with Crippen molar-refractivity contribution in [2.24, 2.45) is 0 Å². The van der Waals surface area contributed by atoms with Crippen LogP contribution in [-0.2, 0) is 0 Å². The van der Waals surface area contributed by atoms with Gasteiger partial charge in [-0.2, -0.15) is 0 Å². The summed E-state index contributed by atoms with van der Waals surface area (Å²) in [5, 5.41) is 0. The van der Waals surface area contributed by atoms with Gasteiger partial charge in [0.2, 0.25) is 0 Å². The Morgan fingerprint density at radius 1 is 1.21 bits per heavy atom. The predicted octanol–water partition coefficient (Wildman–Crippen LogP) is 4.65. The summed E-state index contributed by atoms with van der Waals surface area (Å²) >= 11 is 3.75. The molecular formula is C17H21BrN+. The molecule has 1 aromatic rings. The summed E-state index contributed by atoms with van der Waals surface area (Å²) in [5.74, 6) is 0. The topological polar surface area (TPSA) is 0 Å². The van der Waals surface area contributed by atoms with Crippen LogP contribution in [-0.4, -0.2) is 23.5 Å². The van der Waals surface area contributed by atoms with Gasteiger partial charge < -0.3 is 0 Å². The van der Waals surface area contributed by atoms with Crippen LogP contribution in [0.25, 0.3) is 5.57 Å². The number of hydrogen-bond donors (Lipinski definition) is 0. The molecule has 2 rings (SSSR count). The van der Waals surface area contributed by atoms with Crippen LogP contribution >= 0.6 is 15.9 Å². The van der Waals surface area contributed by atoms with Gasteiger partial charge in [0.1, 0.15) is 5.70 Å². The standard InChI is InChI=1S/C17H21BrN/c1-5-15(14-11-9-13(2)10-12-14)16-7-6-8-17(18)19(16,3)4/h5-12,17H,1-4H3/q+1/b15-5-. The summed E-state index contributed by atoms with van der Waals surface area (Å²) in [4.78, 5) is 0.313. The Hall–Kier alpha value is -1.12. The highest BCUT2D eigenvalue weighted by molar-refractivity contribution is 9.09. The van der Waals surface area contributed by atoms with Crippen molar-refractivity contribution in [2.75, 3.05) is 14.1 Å². The van der Waals surface area contributed by atoms with Crippen LogP contribution in [0.1, 0.15) is 18.1 Å². The number of halogens is 1. The van der Waals surface area contributed by atoms with Crippen LogP contribution in [0, 0.1) is 6.92 Å². The molecule has 1 unspecified atom stereocenters. The van der Waals surface area contributed by atoms with Crippen LogP contribution in [0.5, 0.6) is 0 Å². The van der Waals surface area contributed by atoms with Gasteiger partial charge in [0, 0.05) is 5.57 Å². The molecule has 0 N–H and O–H groups in total. The number of benzene rings is 1. The lowest BCUT2D eigenvalue weighted by molar-refractivity contribution is -0.851. The second kappa shape index (κ2) is 5.48. The molecule has 1 atom stereocenters. The average molecular weight is 319 g/mol. The zero-order valence-corrected chi connectivity index (χ0v) is 13.6. The maximum atomic E-state index is 3.75. The first-order valence-electron chi connectivity index (χ1n) is 6.57. The van der Waals surface area contributed by atoms with Crippen molar-refractivity contribution in [2.45, 2.75) is 18.8 Å². The average Bonchev–Trinajstić information content (AvgIpc) is 2.38. The second-order valence-corrected chi connectivity index (χ2v) is 6.36. The third kappa shape index (κ3) is 2.75. The van der Waals surface area contributed by atoms with E-state index in [0.29, 0.717) is 4.95 Å². The normalized spacial score (nSPS) is 22.3. The molecule has 1 aliphatic heterocycles. The van der Waals surface area contributed by atoms with Crippen molar-refractivity contribution in [3.05, 3.63) is 65.4 Å². The first kappa shape index (κ1) is 14.3. The Labute approximate surface area is 124 Å². The quantitative estimate of drug-likeness (QED) is 0.423. The number of quaternary nitrogens is 1. The Kier molecular flexibility index (Phi) is 4.12. The molecule has 0 aliphatic carbocycles. The van der Waals surface area contributed by atoms with E-state index >= 15 is 0 Å². The molecule has 1 aliphatic rings. The fourth-order valence-electron chi connectivity index (χ4n) is 2.37. The highest BCUT2D eigenvalue weighted by Gasteiger charge is 2.33. The van der Waals surface area contributed by atoms with Crippen molar-refractivity contribution >= 4 is 21.5 Å². The second-order valence-electron chi connectivity index (χ2n) is 5.42. The molecule has 1 heterocycles. The van der Waals surface area contributed by atoms with E-state index in [1.807, 2.05) is 0 Å². The molecule has 0 saturated heterocycles.